The maximum absolute atomic E-state index is 11.3. The average molecular weight is 444 g/mol. The van der Waals surface area contributed by atoms with Crippen molar-refractivity contribution in [2.24, 2.45) is 5.73 Å². The summed E-state index contributed by atoms with van der Waals surface area (Å²) in [5, 5.41) is 0. The lowest BCUT2D eigenvalue weighted by molar-refractivity contribution is -0.0351. The Morgan fingerprint density at radius 1 is 1.15 bits per heavy atom. The summed E-state index contributed by atoms with van der Waals surface area (Å²) in [7, 11) is 1.76. The highest BCUT2D eigenvalue weighted by atomic mass is 16.5. The molecule has 0 radical (unpaired) electrons. The molecule has 0 bridgehead atoms. The molecule has 6 heteroatoms. The van der Waals surface area contributed by atoms with Crippen molar-refractivity contribution < 1.29 is 14.3 Å². The van der Waals surface area contributed by atoms with Gasteiger partial charge < -0.3 is 15.2 Å². The Balaban J connectivity index is 1.32. The van der Waals surface area contributed by atoms with E-state index in [9.17, 15) is 4.79 Å². The van der Waals surface area contributed by atoms with Gasteiger partial charge in [-0.15, -0.1) is 0 Å². The molecular formula is C27H29N3O3. The molecule has 3 aromatic rings. The number of fused-ring (bicyclic) bond motifs is 1. The van der Waals surface area contributed by atoms with Crippen LogP contribution in [-0.2, 0) is 24.1 Å². The molecule has 2 aliphatic rings. The number of nitrogens with two attached hydrogens (primary N) is 1. The summed E-state index contributed by atoms with van der Waals surface area (Å²) in [6.07, 6.45) is 3.45. The van der Waals surface area contributed by atoms with Gasteiger partial charge in [-0.1, -0.05) is 24.3 Å². The summed E-state index contributed by atoms with van der Waals surface area (Å²) >= 11 is 0. The minimum absolute atomic E-state index is 0.0935. The second-order valence-electron chi connectivity index (χ2n) is 8.77. The molecule has 1 saturated heterocycles. The lowest BCUT2D eigenvalue weighted by Crippen LogP contribution is -2.38. The van der Waals surface area contributed by atoms with Crippen LogP contribution in [0.3, 0.4) is 0 Å². The Morgan fingerprint density at radius 3 is 2.70 bits per heavy atom. The molecule has 2 heterocycles. The van der Waals surface area contributed by atoms with E-state index in [1.807, 2.05) is 30.3 Å². The van der Waals surface area contributed by atoms with Crippen LogP contribution in [-0.4, -0.2) is 42.6 Å². The van der Waals surface area contributed by atoms with E-state index in [2.05, 4.69) is 17.0 Å². The van der Waals surface area contributed by atoms with E-state index in [1.165, 1.54) is 23.1 Å². The van der Waals surface area contributed by atoms with Crippen LogP contribution >= 0.6 is 0 Å². The topological polar surface area (TPSA) is 77.7 Å². The Hall–Kier alpha value is -3.22. The van der Waals surface area contributed by atoms with E-state index in [1.54, 1.807) is 19.2 Å². The number of morpholine rings is 1. The second-order valence-corrected chi connectivity index (χ2v) is 8.77. The van der Waals surface area contributed by atoms with Crippen LogP contribution in [0.4, 0.5) is 0 Å². The summed E-state index contributed by atoms with van der Waals surface area (Å²) in [4.78, 5) is 18.6. The summed E-state index contributed by atoms with van der Waals surface area (Å²) in [6, 6.07) is 17.8. The fourth-order valence-corrected chi connectivity index (χ4v) is 4.83. The van der Waals surface area contributed by atoms with Crippen LogP contribution in [0.1, 0.15) is 45.3 Å². The fraction of sp³-hybridized carbons (Fsp3) is 0.333. The summed E-state index contributed by atoms with van der Waals surface area (Å²) in [6.45, 7) is 3.16. The number of nitrogens with zero attached hydrogens (tertiary/aromatic N) is 2. The zero-order chi connectivity index (χ0) is 22.8. The minimum atomic E-state index is -0.432. The Bertz CT molecular complexity index is 1160. The number of carbonyl (C=O) groups excluding carboxylic acids is 1. The number of primary amides is 1. The van der Waals surface area contributed by atoms with E-state index in [4.69, 9.17) is 20.2 Å². The molecule has 1 aliphatic heterocycles. The highest BCUT2D eigenvalue weighted by Gasteiger charge is 2.25. The number of ether oxygens (including phenoxy) is 2. The molecule has 1 aromatic heterocycles. The summed E-state index contributed by atoms with van der Waals surface area (Å²) < 4.78 is 11.8. The molecule has 2 aromatic carbocycles. The normalized spacial score (nSPS) is 18.2. The molecule has 1 fully saturated rings. The molecule has 0 saturated carbocycles. The number of aryl methyl sites for hydroxylation is 2. The number of aromatic nitrogens is 1. The molecule has 2 N–H and O–H groups in total. The van der Waals surface area contributed by atoms with Crippen molar-refractivity contribution in [3.05, 3.63) is 82.5 Å². The molecule has 0 spiro atoms. The Kier molecular flexibility index (Phi) is 6.11. The smallest absolute Gasteiger partial charge is 0.248 e. The molecular weight excluding hydrogens is 414 g/mol. The highest BCUT2D eigenvalue weighted by molar-refractivity contribution is 5.93. The van der Waals surface area contributed by atoms with Gasteiger partial charge >= 0.3 is 0 Å². The van der Waals surface area contributed by atoms with Crippen molar-refractivity contribution in [3.63, 3.8) is 0 Å². The van der Waals surface area contributed by atoms with Crippen LogP contribution in [0.25, 0.3) is 11.3 Å². The molecule has 33 heavy (non-hydrogen) atoms. The van der Waals surface area contributed by atoms with Gasteiger partial charge in [0.25, 0.3) is 0 Å². The number of benzene rings is 2. The van der Waals surface area contributed by atoms with E-state index >= 15 is 0 Å². The molecule has 5 rings (SSSR count). The lowest BCUT2D eigenvalue weighted by Gasteiger charge is -2.33. The SMILES string of the molecule is COc1cc2c(cc1CN1CCO[C@@H](c3cccc(-c4ccc(C(N)=O)cc4)n3)C1)CCC2. The van der Waals surface area contributed by atoms with E-state index in [0.29, 0.717) is 12.2 Å². The van der Waals surface area contributed by atoms with Crippen molar-refractivity contribution in [2.75, 3.05) is 26.8 Å². The van der Waals surface area contributed by atoms with Crippen LogP contribution in [0.2, 0.25) is 0 Å². The van der Waals surface area contributed by atoms with E-state index in [0.717, 1.165) is 55.2 Å². The quantitative estimate of drug-likeness (QED) is 0.625. The van der Waals surface area contributed by atoms with Gasteiger partial charge in [0, 0.05) is 36.3 Å². The first-order valence-corrected chi connectivity index (χ1v) is 11.5. The minimum Gasteiger partial charge on any atom is -0.496 e. The third-order valence-electron chi connectivity index (χ3n) is 6.61. The number of hydrogen-bond acceptors (Lipinski definition) is 5. The molecule has 6 nitrogen and oxygen atoms in total. The first-order chi connectivity index (χ1) is 16.1. The molecule has 1 aliphatic carbocycles. The van der Waals surface area contributed by atoms with Gasteiger partial charge in [0.15, 0.2) is 0 Å². The second kappa shape index (κ2) is 9.33. The number of rotatable bonds is 6. The maximum atomic E-state index is 11.3. The molecule has 170 valence electrons. The van der Waals surface area contributed by atoms with Gasteiger partial charge in [-0.05, 0) is 60.7 Å². The Labute approximate surface area is 194 Å². The van der Waals surface area contributed by atoms with Gasteiger partial charge in [-0.3, -0.25) is 14.7 Å². The van der Waals surface area contributed by atoms with Crippen molar-refractivity contribution in [2.45, 2.75) is 31.9 Å². The summed E-state index contributed by atoms with van der Waals surface area (Å²) in [5.41, 5.74) is 12.7. The Morgan fingerprint density at radius 2 is 1.94 bits per heavy atom. The lowest BCUT2D eigenvalue weighted by atomic mass is 10.0. The van der Waals surface area contributed by atoms with Crippen LogP contribution in [0, 0.1) is 0 Å². The predicted octanol–water partition coefficient (Wildman–Crippen LogP) is 3.92. The molecule has 1 atom stereocenters. The predicted molar refractivity (Wildman–Crippen MR) is 127 cm³/mol. The van der Waals surface area contributed by atoms with Gasteiger partial charge in [0.05, 0.1) is 25.1 Å². The highest BCUT2D eigenvalue weighted by Crippen LogP contribution is 2.32. The van der Waals surface area contributed by atoms with Gasteiger partial charge in [-0.25, -0.2) is 0 Å². The van der Waals surface area contributed by atoms with Crippen LogP contribution < -0.4 is 10.5 Å². The third-order valence-corrected chi connectivity index (χ3v) is 6.61. The number of amides is 1. The van der Waals surface area contributed by atoms with Crippen molar-refractivity contribution >= 4 is 5.91 Å². The maximum Gasteiger partial charge on any atom is 0.248 e. The number of carbonyl (C=O) groups is 1. The van der Waals surface area contributed by atoms with Gasteiger partial charge in [0.1, 0.15) is 11.9 Å². The number of pyridine rings is 1. The number of hydrogen-bond donors (Lipinski definition) is 1. The van der Waals surface area contributed by atoms with Gasteiger partial charge in [-0.2, -0.15) is 0 Å². The summed E-state index contributed by atoms with van der Waals surface area (Å²) in [5.74, 6) is 0.553. The first kappa shape index (κ1) is 21.6. The fourth-order valence-electron chi connectivity index (χ4n) is 4.83. The number of methoxy groups -OCH3 is 1. The largest absolute Gasteiger partial charge is 0.496 e. The average Bonchev–Trinajstić information content (AvgIpc) is 3.31. The van der Waals surface area contributed by atoms with Crippen molar-refractivity contribution in [1.29, 1.82) is 0 Å². The van der Waals surface area contributed by atoms with E-state index < -0.39 is 5.91 Å². The van der Waals surface area contributed by atoms with E-state index in [-0.39, 0.29) is 6.10 Å². The molecule has 1 amide bonds. The van der Waals surface area contributed by atoms with Gasteiger partial charge in [0.2, 0.25) is 5.91 Å². The monoisotopic (exact) mass is 443 g/mol. The van der Waals surface area contributed by atoms with Crippen LogP contribution in [0.15, 0.2) is 54.6 Å². The first-order valence-electron chi connectivity index (χ1n) is 11.5. The third kappa shape index (κ3) is 4.63. The van der Waals surface area contributed by atoms with Crippen molar-refractivity contribution in [1.82, 2.24) is 9.88 Å². The van der Waals surface area contributed by atoms with Crippen molar-refractivity contribution in [3.8, 4) is 17.0 Å². The standard InChI is InChI=1S/C27H29N3O3/c1-32-25-15-21-5-2-4-20(21)14-22(25)16-30-12-13-33-26(17-30)24-7-3-6-23(29-24)18-8-10-19(11-9-18)27(28)31/h3,6-11,14-15,26H,2,4-5,12-13,16-17H2,1H3,(H2,28,31)/t26-/m1/s1. The zero-order valence-electron chi connectivity index (χ0n) is 18.9. The molecule has 0 unspecified atom stereocenters. The zero-order valence-corrected chi connectivity index (χ0v) is 18.9. The van der Waals surface area contributed by atoms with Crippen LogP contribution in [0.5, 0.6) is 5.75 Å².